The molecule has 1 atom stereocenters. The van der Waals surface area contributed by atoms with E-state index < -0.39 is 5.60 Å². The second-order valence-electron chi connectivity index (χ2n) is 7.40. The minimum Gasteiger partial charge on any atom is -0.382 e. The van der Waals surface area contributed by atoms with Gasteiger partial charge < -0.3 is 5.11 Å². The molecule has 1 aliphatic heterocycles. The van der Waals surface area contributed by atoms with E-state index in [0.29, 0.717) is 24.6 Å². The molecule has 0 amide bonds. The number of hydrogen-bond acceptors (Lipinski definition) is 5. The Bertz CT molecular complexity index is 675. The monoisotopic (exact) mass is 330 g/mol. The van der Waals surface area contributed by atoms with E-state index in [4.69, 9.17) is 5.10 Å². The zero-order valence-corrected chi connectivity index (χ0v) is 14.3. The summed E-state index contributed by atoms with van der Waals surface area (Å²) in [6, 6.07) is 0. The molecule has 1 saturated carbocycles. The van der Waals surface area contributed by atoms with Gasteiger partial charge >= 0.3 is 0 Å². The molecule has 7 heteroatoms. The van der Waals surface area contributed by atoms with Crippen LogP contribution in [0.1, 0.15) is 61.4 Å². The first-order valence-electron chi connectivity index (χ1n) is 8.97. The molecule has 4 rings (SSSR count). The van der Waals surface area contributed by atoms with Gasteiger partial charge in [-0.25, -0.2) is 0 Å². The number of rotatable bonds is 4. The Hall–Kier alpha value is -1.73. The third kappa shape index (κ3) is 2.98. The first-order chi connectivity index (χ1) is 11.6. The van der Waals surface area contributed by atoms with Crippen LogP contribution in [0.4, 0.5) is 0 Å². The fraction of sp³-hybridized carbons (Fsp3) is 0.706. The highest BCUT2D eigenvalue weighted by molar-refractivity contribution is 5.22. The van der Waals surface area contributed by atoms with E-state index in [9.17, 15) is 5.11 Å². The lowest BCUT2D eigenvalue weighted by atomic mass is 9.85. The number of H-pyrrole nitrogens is 1. The summed E-state index contributed by atoms with van der Waals surface area (Å²) in [7, 11) is 2.01. The standard InChI is InChI=1S/C17H26N6O/c1-22-10-14(16(20-22)13-5-3-2-4-6-13)11-23-8-7-17(24,12-23)15-9-18-21-19-15/h9-10,13,24H,2-8,11-12H2,1H3,(H,18,19,21). The maximum absolute atomic E-state index is 10.8. The summed E-state index contributed by atoms with van der Waals surface area (Å²) >= 11 is 0. The van der Waals surface area contributed by atoms with E-state index in [1.54, 1.807) is 6.20 Å². The zero-order valence-electron chi connectivity index (χ0n) is 14.3. The summed E-state index contributed by atoms with van der Waals surface area (Å²) in [6.45, 7) is 2.31. The van der Waals surface area contributed by atoms with Crippen LogP contribution in [0.25, 0.3) is 0 Å². The van der Waals surface area contributed by atoms with Crippen LogP contribution < -0.4 is 0 Å². The maximum Gasteiger partial charge on any atom is 0.124 e. The first kappa shape index (κ1) is 15.8. The minimum absolute atomic E-state index is 0.596. The topological polar surface area (TPSA) is 82.9 Å². The van der Waals surface area contributed by atoms with Gasteiger partial charge in [0.25, 0.3) is 0 Å². The van der Waals surface area contributed by atoms with Crippen molar-refractivity contribution in [2.45, 2.75) is 56.6 Å². The minimum atomic E-state index is -0.889. The largest absolute Gasteiger partial charge is 0.382 e. The fourth-order valence-electron chi connectivity index (χ4n) is 4.28. The number of aromatic amines is 1. The molecule has 1 unspecified atom stereocenters. The van der Waals surface area contributed by atoms with Gasteiger partial charge in [-0.3, -0.25) is 9.58 Å². The van der Waals surface area contributed by atoms with Crippen molar-refractivity contribution in [1.82, 2.24) is 30.1 Å². The SMILES string of the molecule is Cn1cc(CN2CCC(O)(c3cn[nH]n3)C2)c(C2CCCCC2)n1. The molecule has 0 aromatic carbocycles. The highest BCUT2D eigenvalue weighted by atomic mass is 16.3. The summed E-state index contributed by atoms with van der Waals surface area (Å²) in [5.41, 5.74) is 2.34. The van der Waals surface area contributed by atoms with Gasteiger partial charge in [0.15, 0.2) is 0 Å². The Morgan fingerprint density at radius 3 is 2.92 bits per heavy atom. The van der Waals surface area contributed by atoms with Gasteiger partial charge in [0, 0.05) is 44.4 Å². The van der Waals surface area contributed by atoms with Crippen molar-refractivity contribution in [3.63, 3.8) is 0 Å². The molecular weight excluding hydrogens is 304 g/mol. The summed E-state index contributed by atoms with van der Waals surface area (Å²) in [5.74, 6) is 0.604. The maximum atomic E-state index is 10.8. The van der Waals surface area contributed by atoms with Crippen molar-refractivity contribution in [3.05, 3.63) is 29.3 Å². The summed E-state index contributed by atoms with van der Waals surface area (Å²) in [4.78, 5) is 2.30. The smallest absolute Gasteiger partial charge is 0.124 e. The van der Waals surface area contributed by atoms with E-state index in [1.807, 2.05) is 11.7 Å². The average Bonchev–Trinajstić information content (AvgIpc) is 3.30. The van der Waals surface area contributed by atoms with Crippen molar-refractivity contribution in [2.75, 3.05) is 13.1 Å². The highest BCUT2D eigenvalue weighted by Gasteiger charge is 2.40. The fourth-order valence-corrected chi connectivity index (χ4v) is 4.28. The highest BCUT2D eigenvalue weighted by Crippen LogP contribution is 2.35. The number of likely N-dealkylation sites (tertiary alicyclic amines) is 1. The van der Waals surface area contributed by atoms with Crippen LogP contribution in [0.5, 0.6) is 0 Å². The number of aromatic nitrogens is 5. The number of nitrogens with one attached hydrogen (secondary N) is 1. The van der Waals surface area contributed by atoms with E-state index in [2.05, 4.69) is 26.5 Å². The van der Waals surface area contributed by atoms with Gasteiger partial charge in [-0.15, -0.1) is 0 Å². The van der Waals surface area contributed by atoms with Crippen molar-refractivity contribution in [3.8, 4) is 0 Å². The Morgan fingerprint density at radius 1 is 1.33 bits per heavy atom. The van der Waals surface area contributed by atoms with Gasteiger partial charge in [0.1, 0.15) is 11.3 Å². The molecule has 3 heterocycles. The quantitative estimate of drug-likeness (QED) is 0.891. The van der Waals surface area contributed by atoms with E-state index in [1.165, 1.54) is 43.4 Å². The van der Waals surface area contributed by atoms with Crippen LogP contribution >= 0.6 is 0 Å². The molecule has 1 saturated heterocycles. The van der Waals surface area contributed by atoms with Gasteiger partial charge in [-0.1, -0.05) is 19.3 Å². The molecule has 2 fully saturated rings. The molecular formula is C17H26N6O. The predicted octanol–water partition coefficient (Wildman–Crippen LogP) is 1.68. The van der Waals surface area contributed by atoms with Crippen LogP contribution in [0.15, 0.2) is 12.4 Å². The number of aliphatic hydroxyl groups is 1. The molecule has 0 bridgehead atoms. The molecule has 0 spiro atoms. The van der Waals surface area contributed by atoms with Crippen LogP contribution in [-0.2, 0) is 19.2 Å². The van der Waals surface area contributed by atoms with E-state index in [-0.39, 0.29) is 0 Å². The summed E-state index contributed by atoms with van der Waals surface area (Å²) in [5, 5.41) is 26.1. The molecule has 1 aliphatic carbocycles. The first-order valence-corrected chi connectivity index (χ1v) is 8.97. The normalized spacial score (nSPS) is 26.2. The molecule has 2 N–H and O–H groups in total. The Kier molecular flexibility index (Phi) is 4.14. The summed E-state index contributed by atoms with van der Waals surface area (Å²) < 4.78 is 1.94. The zero-order chi connectivity index (χ0) is 16.6. The molecule has 2 aromatic heterocycles. The number of aryl methyl sites for hydroxylation is 1. The Labute approximate surface area is 142 Å². The van der Waals surface area contributed by atoms with Crippen molar-refractivity contribution in [1.29, 1.82) is 0 Å². The van der Waals surface area contributed by atoms with Crippen molar-refractivity contribution >= 4 is 0 Å². The Balaban J connectivity index is 1.48. The molecule has 2 aromatic rings. The molecule has 24 heavy (non-hydrogen) atoms. The van der Waals surface area contributed by atoms with Gasteiger partial charge in [0.2, 0.25) is 0 Å². The van der Waals surface area contributed by atoms with E-state index >= 15 is 0 Å². The second-order valence-corrected chi connectivity index (χ2v) is 7.40. The number of nitrogens with zero attached hydrogens (tertiary/aromatic N) is 5. The van der Waals surface area contributed by atoms with Crippen LogP contribution in [0.3, 0.4) is 0 Å². The third-order valence-electron chi connectivity index (χ3n) is 5.54. The summed E-state index contributed by atoms with van der Waals surface area (Å²) in [6.07, 6.45) is 11.0. The molecule has 7 nitrogen and oxygen atoms in total. The lowest BCUT2D eigenvalue weighted by molar-refractivity contribution is 0.0408. The van der Waals surface area contributed by atoms with Crippen molar-refractivity contribution < 1.29 is 5.11 Å². The van der Waals surface area contributed by atoms with Gasteiger partial charge in [0.05, 0.1) is 11.9 Å². The predicted molar refractivity (Wildman–Crippen MR) is 89.2 cm³/mol. The second kappa shape index (κ2) is 6.29. The van der Waals surface area contributed by atoms with Crippen LogP contribution in [0.2, 0.25) is 0 Å². The van der Waals surface area contributed by atoms with Crippen LogP contribution in [-0.4, -0.2) is 48.3 Å². The Morgan fingerprint density at radius 2 is 2.17 bits per heavy atom. The van der Waals surface area contributed by atoms with Gasteiger partial charge in [-0.2, -0.15) is 20.5 Å². The molecule has 0 radical (unpaired) electrons. The lowest BCUT2D eigenvalue weighted by Gasteiger charge is -2.23. The van der Waals surface area contributed by atoms with Crippen LogP contribution in [0, 0.1) is 0 Å². The number of hydrogen-bond donors (Lipinski definition) is 2. The average molecular weight is 330 g/mol. The van der Waals surface area contributed by atoms with Gasteiger partial charge in [-0.05, 0) is 19.3 Å². The molecule has 130 valence electrons. The number of β-amino-alcohol motifs (C(OH)–C–C–N with tert-alkyl or cyclic N) is 1. The lowest BCUT2D eigenvalue weighted by Crippen LogP contribution is -2.31. The van der Waals surface area contributed by atoms with Crippen molar-refractivity contribution in [2.24, 2.45) is 7.05 Å². The molecule has 2 aliphatic rings. The van der Waals surface area contributed by atoms with E-state index in [0.717, 1.165) is 13.1 Å². The third-order valence-corrected chi connectivity index (χ3v) is 5.54.